The van der Waals surface area contributed by atoms with Crippen LogP contribution in [0.2, 0.25) is 0 Å². The van der Waals surface area contributed by atoms with E-state index in [4.69, 9.17) is 14.5 Å². The predicted octanol–water partition coefficient (Wildman–Crippen LogP) is 2.81. The van der Waals surface area contributed by atoms with Gasteiger partial charge < -0.3 is 19.3 Å². The van der Waals surface area contributed by atoms with Crippen LogP contribution in [0.15, 0.2) is 12.1 Å². The third-order valence-corrected chi connectivity index (χ3v) is 4.60. The Labute approximate surface area is 150 Å². The number of pyridine rings is 1. The van der Waals surface area contributed by atoms with Gasteiger partial charge in [0.15, 0.2) is 0 Å². The largest absolute Gasteiger partial charge is 0.444 e. The fraction of sp³-hybridized carbons (Fsp3) is 0.684. The molecule has 1 aromatic heterocycles. The monoisotopic (exact) mass is 347 g/mol. The Balaban J connectivity index is 1.75. The van der Waals surface area contributed by atoms with Crippen LogP contribution in [0.1, 0.15) is 44.9 Å². The number of aromatic nitrogens is 1. The fourth-order valence-corrected chi connectivity index (χ4v) is 3.36. The summed E-state index contributed by atoms with van der Waals surface area (Å²) in [5.74, 6) is 1.20. The predicted molar refractivity (Wildman–Crippen MR) is 97.2 cm³/mol. The maximum Gasteiger partial charge on any atom is 0.410 e. The molecule has 0 aromatic carbocycles. The molecular weight excluding hydrogens is 318 g/mol. The highest BCUT2D eigenvalue weighted by Crippen LogP contribution is 2.27. The molecule has 2 aliphatic rings. The molecule has 2 aliphatic heterocycles. The summed E-state index contributed by atoms with van der Waals surface area (Å²) >= 11 is 0. The first-order valence-electron chi connectivity index (χ1n) is 9.14. The Kier molecular flexibility index (Phi) is 5.18. The molecule has 1 fully saturated rings. The molecule has 3 heterocycles. The Bertz CT molecular complexity index is 621. The Morgan fingerprint density at radius 2 is 1.96 bits per heavy atom. The van der Waals surface area contributed by atoms with Crippen molar-refractivity contribution in [3.05, 3.63) is 23.4 Å². The summed E-state index contributed by atoms with van der Waals surface area (Å²) in [6.45, 7) is 12.4. The second-order valence-corrected chi connectivity index (χ2v) is 7.89. The van der Waals surface area contributed by atoms with Crippen LogP contribution in [0.25, 0.3) is 0 Å². The van der Waals surface area contributed by atoms with Gasteiger partial charge in [0.2, 0.25) is 0 Å². The normalized spacial score (nSPS) is 21.5. The zero-order valence-electron chi connectivity index (χ0n) is 15.7. The van der Waals surface area contributed by atoms with Gasteiger partial charge in [0.25, 0.3) is 0 Å². The van der Waals surface area contributed by atoms with E-state index in [1.807, 2.05) is 25.7 Å². The molecule has 1 atom stereocenters. The number of hydrogen-bond donors (Lipinski definition) is 0. The number of morpholine rings is 1. The van der Waals surface area contributed by atoms with E-state index in [0.29, 0.717) is 13.1 Å². The minimum atomic E-state index is -0.471. The fourth-order valence-electron chi connectivity index (χ4n) is 3.36. The smallest absolute Gasteiger partial charge is 0.410 e. The highest BCUT2D eigenvalue weighted by Gasteiger charge is 2.28. The first-order valence-corrected chi connectivity index (χ1v) is 9.14. The molecule has 3 rings (SSSR count). The van der Waals surface area contributed by atoms with Crippen LogP contribution in [0.4, 0.5) is 10.6 Å². The summed E-state index contributed by atoms with van der Waals surface area (Å²) in [4.78, 5) is 21.5. The van der Waals surface area contributed by atoms with Gasteiger partial charge in [0.05, 0.1) is 18.9 Å². The van der Waals surface area contributed by atoms with E-state index in [2.05, 4.69) is 24.0 Å². The molecule has 0 aliphatic carbocycles. The van der Waals surface area contributed by atoms with Crippen molar-refractivity contribution in [3.63, 3.8) is 0 Å². The minimum absolute atomic E-state index is 0.186. The number of carbonyl (C=O) groups excluding carboxylic acids is 1. The Hall–Kier alpha value is -1.82. The molecule has 6 nitrogen and oxygen atoms in total. The standard InChI is InChI=1S/C19H29N3O3/c1-14-13-22(18(23)25-19(2,3)4)8-7-15-5-6-16(20-17(14)15)21-9-11-24-12-10-21/h5-6,14H,7-13H2,1-4H3/t14-/m0/s1. The molecular formula is C19H29N3O3. The summed E-state index contributed by atoms with van der Waals surface area (Å²) in [5, 5.41) is 0. The lowest BCUT2D eigenvalue weighted by molar-refractivity contribution is 0.0248. The van der Waals surface area contributed by atoms with Crippen molar-refractivity contribution in [2.45, 2.75) is 45.6 Å². The molecule has 0 saturated carbocycles. The highest BCUT2D eigenvalue weighted by molar-refractivity contribution is 5.68. The van der Waals surface area contributed by atoms with Crippen molar-refractivity contribution in [2.24, 2.45) is 0 Å². The molecule has 6 heteroatoms. The maximum absolute atomic E-state index is 12.4. The SMILES string of the molecule is C[C@H]1CN(C(=O)OC(C)(C)C)CCc2ccc(N3CCOCC3)nc21. The summed E-state index contributed by atoms with van der Waals surface area (Å²) in [6.07, 6.45) is 0.579. The molecule has 0 bridgehead atoms. The van der Waals surface area contributed by atoms with E-state index in [-0.39, 0.29) is 12.0 Å². The molecule has 0 radical (unpaired) electrons. The lowest BCUT2D eigenvalue weighted by Crippen LogP contribution is -2.39. The van der Waals surface area contributed by atoms with E-state index >= 15 is 0 Å². The number of rotatable bonds is 1. The van der Waals surface area contributed by atoms with Crippen LogP contribution in [0.3, 0.4) is 0 Å². The van der Waals surface area contributed by atoms with Crippen LogP contribution in [0, 0.1) is 0 Å². The second-order valence-electron chi connectivity index (χ2n) is 7.89. The maximum atomic E-state index is 12.4. The number of carbonyl (C=O) groups is 1. The first-order chi connectivity index (χ1) is 11.8. The average molecular weight is 347 g/mol. The number of ether oxygens (including phenoxy) is 2. The van der Waals surface area contributed by atoms with E-state index < -0.39 is 5.60 Å². The third kappa shape index (κ3) is 4.42. The molecule has 138 valence electrons. The first kappa shape index (κ1) is 18.0. The van der Waals surface area contributed by atoms with Gasteiger partial charge in [0, 0.05) is 32.1 Å². The summed E-state index contributed by atoms with van der Waals surface area (Å²) in [5.41, 5.74) is 1.87. The van der Waals surface area contributed by atoms with Gasteiger partial charge in [-0.25, -0.2) is 9.78 Å². The molecule has 0 unspecified atom stereocenters. The van der Waals surface area contributed by atoms with Gasteiger partial charge in [-0.15, -0.1) is 0 Å². The van der Waals surface area contributed by atoms with Gasteiger partial charge >= 0.3 is 6.09 Å². The van der Waals surface area contributed by atoms with E-state index in [0.717, 1.165) is 44.2 Å². The lowest BCUT2D eigenvalue weighted by atomic mass is 10.0. The van der Waals surface area contributed by atoms with Gasteiger partial charge in [-0.2, -0.15) is 0 Å². The second kappa shape index (κ2) is 7.20. The van der Waals surface area contributed by atoms with Crippen LogP contribution >= 0.6 is 0 Å². The van der Waals surface area contributed by atoms with Crippen LogP contribution in [-0.4, -0.2) is 61.0 Å². The quantitative estimate of drug-likeness (QED) is 0.782. The Morgan fingerprint density at radius 3 is 2.64 bits per heavy atom. The van der Waals surface area contributed by atoms with Crippen molar-refractivity contribution in [3.8, 4) is 0 Å². The number of nitrogens with zero attached hydrogens (tertiary/aromatic N) is 3. The Morgan fingerprint density at radius 1 is 1.24 bits per heavy atom. The summed E-state index contributed by atoms with van der Waals surface area (Å²) in [7, 11) is 0. The summed E-state index contributed by atoms with van der Waals surface area (Å²) < 4.78 is 11.0. The average Bonchev–Trinajstić information content (AvgIpc) is 2.73. The highest BCUT2D eigenvalue weighted by atomic mass is 16.6. The third-order valence-electron chi connectivity index (χ3n) is 4.60. The van der Waals surface area contributed by atoms with Crippen molar-refractivity contribution in [2.75, 3.05) is 44.3 Å². The van der Waals surface area contributed by atoms with E-state index in [9.17, 15) is 4.79 Å². The van der Waals surface area contributed by atoms with Crippen LogP contribution < -0.4 is 4.90 Å². The number of amides is 1. The molecule has 1 saturated heterocycles. The number of anilines is 1. The lowest BCUT2D eigenvalue weighted by Gasteiger charge is -2.29. The van der Waals surface area contributed by atoms with Gasteiger partial charge in [0.1, 0.15) is 11.4 Å². The van der Waals surface area contributed by atoms with Gasteiger partial charge in [-0.05, 0) is 38.8 Å². The van der Waals surface area contributed by atoms with E-state index in [1.54, 1.807) is 0 Å². The van der Waals surface area contributed by atoms with Crippen molar-refractivity contribution in [1.82, 2.24) is 9.88 Å². The van der Waals surface area contributed by atoms with Crippen molar-refractivity contribution < 1.29 is 14.3 Å². The van der Waals surface area contributed by atoms with Crippen LogP contribution in [0.5, 0.6) is 0 Å². The number of fused-ring (bicyclic) bond motifs is 1. The molecule has 1 aromatic rings. The van der Waals surface area contributed by atoms with Gasteiger partial charge in [-0.1, -0.05) is 13.0 Å². The van der Waals surface area contributed by atoms with Crippen LogP contribution in [-0.2, 0) is 15.9 Å². The summed E-state index contributed by atoms with van der Waals surface area (Å²) in [6, 6.07) is 4.27. The van der Waals surface area contributed by atoms with Gasteiger partial charge in [-0.3, -0.25) is 0 Å². The van der Waals surface area contributed by atoms with Crippen molar-refractivity contribution >= 4 is 11.9 Å². The molecule has 0 N–H and O–H groups in total. The van der Waals surface area contributed by atoms with E-state index in [1.165, 1.54) is 5.56 Å². The molecule has 1 amide bonds. The molecule has 25 heavy (non-hydrogen) atoms. The zero-order chi connectivity index (χ0) is 18.0. The number of hydrogen-bond acceptors (Lipinski definition) is 5. The topological polar surface area (TPSA) is 54.9 Å². The minimum Gasteiger partial charge on any atom is -0.444 e. The zero-order valence-corrected chi connectivity index (χ0v) is 15.7. The molecule has 0 spiro atoms. The van der Waals surface area contributed by atoms with Crippen molar-refractivity contribution in [1.29, 1.82) is 0 Å².